The number of anilines is 1. The van der Waals surface area contributed by atoms with Crippen LogP contribution in [0.3, 0.4) is 0 Å². The summed E-state index contributed by atoms with van der Waals surface area (Å²) < 4.78 is 65.6. The Bertz CT molecular complexity index is 1400. The van der Waals surface area contributed by atoms with E-state index in [0.29, 0.717) is 24.3 Å². The maximum absolute atomic E-state index is 14.0. The maximum atomic E-state index is 14.0. The van der Waals surface area contributed by atoms with E-state index in [0.717, 1.165) is 12.1 Å². The molecule has 2 heterocycles. The highest BCUT2D eigenvalue weighted by atomic mass is 32.2. The summed E-state index contributed by atoms with van der Waals surface area (Å²) in [5, 5.41) is 6.62. The molecule has 0 bridgehead atoms. The van der Waals surface area contributed by atoms with Crippen LogP contribution in [0.1, 0.15) is 29.9 Å². The van der Waals surface area contributed by atoms with Crippen LogP contribution in [-0.2, 0) is 14.8 Å². The third-order valence-corrected chi connectivity index (χ3v) is 8.03. The molecule has 2 aromatic carbocycles. The number of carbonyl (C=O) groups is 1. The van der Waals surface area contributed by atoms with Gasteiger partial charge in [0.25, 0.3) is 0 Å². The van der Waals surface area contributed by atoms with Crippen LogP contribution in [0.2, 0.25) is 0 Å². The van der Waals surface area contributed by atoms with Crippen LogP contribution in [0, 0.1) is 24.5 Å². The molecule has 190 valence electrons. The number of aromatic nitrogens is 1. The van der Waals surface area contributed by atoms with E-state index in [1.54, 1.807) is 24.3 Å². The van der Waals surface area contributed by atoms with Crippen molar-refractivity contribution in [3.8, 4) is 5.75 Å². The SMILES string of the molecule is COc1cccc(NC(=O)C2CCN(S(=O)(=O)c3c(C)noc3/C=C/c3ccc(F)cc3F)CC2)c1. The van der Waals surface area contributed by atoms with Gasteiger partial charge in [-0.3, -0.25) is 4.79 Å². The summed E-state index contributed by atoms with van der Waals surface area (Å²) in [5.41, 5.74) is 0.826. The molecule has 1 N–H and O–H groups in total. The lowest BCUT2D eigenvalue weighted by Gasteiger charge is -2.30. The smallest absolute Gasteiger partial charge is 0.248 e. The van der Waals surface area contributed by atoms with E-state index in [-0.39, 0.29) is 46.8 Å². The van der Waals surface area contributed by atoms with Gasteiger partial charge in [0.1, 0.15) is 23.1 Å². The minimum atomic E-state index is -3.99. The number of rotatable bonds is 7. The maximum Gasteiger partial charge on any atom is 0.248 e. The third-order valence-electron chi connectivity index (χ3n) is 5.97. The summed E-state index contributed by atoms with van der Waals surface area (Å²) in [6, 6.07) is 10.1. The molecule has 0 radical (unpaired) electrons. The minimum absolute atomic E-state index is 0.0610. The van der Waals surface area contributed by atoms with Crippen LogP contribution >= 0.6 is 0 Å². The predicted molar refractivity (Wildman–Crippen MR) is 130 cm³/mol. The van der Waals surface area contributed by atoms with Gasteiger partial charge >= 0.3 is 0 Å². The van der Waals surface area contributed by atoms with Gasteiger partial charge in [-0.2, -0.15) is 4.31 Å². The van der Waals surface area contributed by atoms with E-state index in [1.807, 2.05) is 0 Å². The standard InChI is InChI=1S/C25H25F2N3O5S/c1-16-24(23(35-29-16)9-7-17-6-8-19(26)14-22(17)27)36(32,33)30-12-10-18(11-13-30)25(31)28-20-4-3-5-21(15-20)34-2/h3-9,14-15,18H,10-13H2,1-2H3,(H,28,31)/b9-7+. The minimum Gasteiger partial charge on any atom is -0.497 e. The van der Waals surface area contributed by atoms with Gasteiger partial charge in [-0.15, -0.1) is 0 Å². The molecule has 1 amide bonds. The Morgan fingerprint density at radius 1 is 1.17 bits per heavy atom. The molecule has 4 rings (SSSR count). The van der Waals surface area contributed by atoms with Crippen molar-refractivity contribution in [2.45, 2.75) is 24.7 Å². The van der Waals surface area contributed by atoms with E-state index in [9.17, 15) is 22.0 Å². The van der Waals surface area contributed by atoms with Gasteiger partial charge in [-0.25, -0.2) is 17.2 Å². The molecule has 11 heteroatoms. The molecular formula is C25H25F2N3O5S. The first kappa shape index (κ1) is 25.5. The fourth-order valence-electron chi connectivity index (χ4n) is 4.03. The molecule has 1 aliphatic rings. The average molecular weight is 518 g/mol. The topological polar surface area (TPSA) is 102 Å². The highest BCUT2D eigenvalue weighted by molar-refractivity contribution is 7.89. The molecule has 0 saturated carbocycles. The zero-order valence-electron chi connectivity index (χ0n) is 19.7. The quantitative estimate of drug-likeness (QED) is 0.496. The Morgan fingerprint density at radius 3 is 2.61 bits per heavy atom. The van der Waals surface area contributed by atoms with Gasteiger partial charge in [0, 0.05) is 42.4 Å². The summed E-state index contributed by atoms with van der Waals surface area (Å²) in [6.07, 6.45) is 3.26. The number of hydrogen-bond acceptors (Lipinski definition) is 6. The summed E-state index contributed by atoms with van der Waals surface area (Å²) in [6.45, 7) is 1.78. The Balaban J connectivity index is 1.45. The van der Waals surface area contributed by atoms with Gasteiger partial charge in [-0.05, 0) is 56.2 Å². The van der Waals surface area contributed by atoms with Crippen molar-refractivity contribution in [2.24, 2.45) is 5.92 Å². The fraction of sp³-hybridized carbons (Fsp3) is 0.280. The molecule has 36 heavy (non-hydrogen) atoms. The highest BCUT2D eigenvalue weighted by Gasteiger charge is 2.36. The van der Waals surface area contributed by atoms with Crippen LogP contribution in [0.25, 0.3) is 12.2 Å². The number of piperidine rings is 1. The molecule has 1 fully saturated rings. The Labute approximate surface area is 207 Å². The predicted octanol–water partition coefficient (Wildman–Crippen LogP) is 4.48. The van der Waals surface area contributed by atoms with Crippen molar-refractivity contribution < 1.29 is 31.3 Å². The number of nitrogens with zero attached hydrogens (tertiary/aromatic N) is 2. The summed E-state index contributed by atoms with van der Waals surface area (Å²) >= 11 is 0. The average Bonchev–Trinajstić information content (AvgIpc) is 3.24. The van der Waals surface area contributed by atoms with Crippen LogP contribution in [0.4, 0.5) is 14.5 Å². The molecule has 0 aliphatic carbocycles. The number of methoxy groups -OCH3 is 1. The molecule has 0 unspecified atom stereocenters. The fourth-order valence-corrected chi connectivity index (χ4v) is 5.75. The Morgan fingerprint density at radius 2 is 1.92 bits per heavy atom. The van der Waals surface area contributed by atoms with Crippen LogP contribution in [-0.4, -0.2) is 44.0 Å². The summed E-state index contributed by atoms with van der Waals surface area (Å²) in [4.78, 5) is 12.6. The van der Waals surface area contributed by atoms with E-state index < -0.39 is 21.7 Å². The van der Waals surface area contributed by atoms with Crippen LogP contribution in [0.15, 0.2) is 51.9 Å². The van der Waals surface area contributed by atoms with Gasteiger partial charge in [0.05, 0.1) is 7.11 Å². The van der Waals surface area contributed by atoms with Crippen molar-refractivity contribution in [1.29, 1.82) is 0 Å². The highest BCUT2D eigenvalue weighted by Crippen LogP contribution is 2.30. The number of carbonyl (C=O) groups excluding carboxylic acids is 1. The first-order chi connectivity index (χ1) is 17.2. The number of nitrogens with one attached hydrogen (secondary N) is 1. The van der Waals surface area contributed by atoms with Crippen molar-refractivity contribution >= 4 is 33.8 Å². The summed E-state index contributed by atoms with van der Waals surface area (Å²) in [5.74, 6) is -1.50. The van der Waals surface area contributed by atoms with Gasteiger partial charge < -0.3 is 14.6 Å². The monoisotopic (exact) mass is 517 g/mol. The molecule has 0 spiro atoms. The number of amides is 1. The van der Waals surface area contributed by atoms with Crippen molar-refractivity contribution in [2.75, 3.05) is 25.5 Å². The molecular weight excluding hydrogens is 492 g/mol. The van der Waals surface area contributed by atoms with Crippen LogP contribution < -0.4 is 10.1 Å². The zero-order chi connectivity index (χ0) is 25.9. The molecule has 1 saturated heterocycles. The Kier molecular flexibility index (Phi) is 7.51. The molecule has 0 atom stereocenters. The molecule has 1 aliphatic heterocycles. The third kappa shape index (κ3) is 5.47. The number of aryl methyl sites for hydroxylation is 1. The lowest BCUT2D eigenvalue weighted by atomic mass is 9.97. The lowest BCUT2D eigenvalue weighted by Crippen LogP contribution is -2.41. The number of benzene rings is 2. The second-order valence-electron chi connectivity index (χ2n) is 8.36. The van der Waals surface area contributed by atoms with Crippen LogP contribution in [0.5, 0.6) is 5.75 Å². The first-order valence-electron chi connectivity index (χ1n) is 11.2. The van der Waals surface area contributed by atoms with Gasteiger partial charge in [0.2, 0.25) is 15.9 Å². The lowest BCUT2D eigenvalue weighted by molar-refractivity contribution is -0.120. The van der Waals surface area contributed by atoms with Crippen molar-refractivity contribution in [3.05, 3.63) is 71.1 Å². The number of hydrogen-bond donors (Lipinski definition) is 1. The van der Waals surface area contributed by atoms with Gasteiger partial charge in [0.15, 0.2) is 10.7 Å². The van der Waals surface area contributed by atoms with Crippen molar-refractivity contribution in [1.82, 2.24) is 9.46 Å². The van der Waals surface area contributed by atoms with E-state index in [2.05, 4.69) is 10.5 Å². The second-order valence-corrected chi connectivity index (χ2v) is 10.2. The number of ether oxygens (including phenoxy) is 1. The van der Waals surface area contributed by atoms with E-state index in [4.69, 9.17) is 9.26 Å². The first-order valence-corrected chi connectivity index (χ1v) is 12.7. The largest absolute Gasteiger partial charge is 0.497 e. The normalized spacial score (nSPS) is 15.3. The number of sulfonamides is 1. The van der Waals surface area contributed by atoms with E-state index >= 15 is 0 Å². The Hall–Kier alpha value is -3.57. The van der Waals surface area contributed by atoms with Gasteiger partial charge in [-0.1, -0.05) is 11.2 Å². The molecule has 3 aromatic rings. The molecule has 8 nitrogen and oxygen atoms in total. The summed E-state index contributed by atoms with van der Waals surface area (Å²) in [7, 11) is -2.46. The van der Waals surface area contributed by atoms with E-state index in [1.165, 1.54) is 36.6 Å². The molecule has 1 aromatic heterocycles. The zero-order valence-corrected chi connectivity index (χ0v) is 20.5. The number of halogens is 2. The second kappa shape index (κ2) is 10.6. The van der Waals surface area contributed by atoms with Crippen molar-refractivity contribution in [3.63, 3.8) is 0 Å².